The number of carbonyl (C=O) groups excluding carboxylic acids is 2. The molecule has 0 saturated carbocycles. The van der Waals surface area contributed by atoms with Gasteiger partial charge in [-0.3, -0.25) is 9.59 Å². The summed E-state index contributed by atoms with van der Waals surface area (Å²) in [6, 6.07) is -0.136. The third kappa shape index (κ3) is 3.85. The first-order valence-corrected chi connectivity index (χ1v) is 7.47. The van der Waals surface area contributed by atoms with Gasteiger partial charge in [0.05, 0.1) is 0 Å². The Kier molecular flexibility index (Phi) is 6.76. The van der Waals surface area contributed by atoms with E-state index in [4.69, 9.17) is 5.73 Å². The second kappa shape index (κ2) is 7.84. The normalized spacial score (nSPS) is 26.3. The van der Waals surface area contributed by atoms with Crippen LogP contribution in [0.3, 0.4) is 0 Å². The van der Waals surface area contributed by atoms with Crippen molar-refractivity contribution in [3.05, 3.63) is 0 Å². The van der Waals surface area contributed by atoms with E-state index in [9.17, 15) is 9.59 Å². The fourth-order valence-corrected chi connectivity index (χ4v) is 3.10. The summed E-state index contributed by atoms with van der Waals surface area (Å²) in [6.45, 7) is 4.16. The van der Waals surface area contributed by atoms with Crippen LogP contribution in [0.5, 0.6) is 0 Å². The van der Waals surface area contributed by atoms with Gasteiger partial charge in [0.25, 0.3) is 0 Å². The number of nitrogens with zero attached hydrogens (tertiary/aromatic N) is 2. The van der Waals surface area contributed by atoms with Crippen molar-refractivity contribution in [1.82, 2.24) is 9.80 Å². The van der Waals surface area contributed by atoms with E-state index in [2.05, 4.69) is 0 Å². The molecule has 0 aliphatic carbocycles. The summed E-state index contributed by atoms with van der Waals surface area (Å²) >= 11 is 0. The molecule has 0 aromatic carbocycles. The number of hydrogen-bond donors (Lipinski definition) is 1. The molecule has 2 N–H and O–H groups in total. The molecule has 0 aromatic rings. The van der Waals surface area contributed by atoms with E-state index in [0.717, 1.165) is 45.2 Å². The second-order valence-electron chi connectivity index (χ2n) is 5.68. The van der Waals surface area contributed by atoms with Crippen molar-refractivity contribution in [2.24, 2.45) is 5.73 Å². The van der Waals surface area contributed by atoms with E-state index >= 15 is 0 Å². The van der Waals surface area contributed by atoms with Gasteiger partial charge in [0, 0.05) is 32.1 Å². The molecule has 0 radical (unpaired) electrons. The molecule has 20 heavy (non-hydrogen) atoms. The number of hydrogen-bond acceptors (Lipinski definition) is 3. The Bertz CT molecular complexity index is 351. The molecule has 116 valence electrons. The van der Waals surface area contributed by atoms with Crippen molar-refractivity contribution in [1.29, 1.82) is 0 Å². The highest BCUT2D eigenvalue weighted by atomic mass is 35.5. The summed E-state index contributed by atoms with van der Waals surface area (Å²) in [7, 11) is 0. The molecule has 2 amide bonds. The van der Waals surface area contributed by atoms with Crippen LogP contribution in [0.1, 0.15) is 45.4 Å². The van der Waals surface area contributed by atoms with Crippen LogP contribution >= 0.6 is 12.4 Å². The van der Waals surface area contributed by atoms with E-state index in [1.54, 1.807) is 4.90 Å². The molecule has 2 aliphatic heterocycles. The van der Waals surface area contributed by atoms with Gasteiger partial charge in [0.2, 0.25) is 11.8 Å². The molecule has 2 fully saturated rings. The lowest BCUT2D eigenvalue weighted by molar-refractivity contribution is -0.144. The summed E-state index contributed by atoms with van der Waals surface area (Å²) in [5.74, 6) is 0.233. The van der Waals surface area contributed by atoms with Gasteiger partial charge in [-0.2, -0.15) is 0 Å². The molecule has 2 rings (SSSR count). The van der Waals surface area contributed by atoms with Gasteiger partial charge in [-0.1, -0.05) is 6.92 Å². The number of amides is 2. The molecule has 2 aliphatic rings. The highest BCUT2D eigenvalue weighted by molar-refractivity contribution is 5.88. The molecule has 0 spiro atoms. The zero-order valence-electron chi connectivity index (χ0n) is 12.2. The van der Waals surface area contributed by atoms with Gasteiger partial charge in [0.1, 0.15) is 6.04 Å². The van der Waals surface area contributed by atoms with E-state index in [1.807, 2.05) is 11.8 Å². The fourth-order valence-electron chi connectivity index (χ4n) is 3.10. The van der Waals surface area contributed by atoms with Crippen LogP contribution in [-0.2, 0) is 9.59 Å². The fraction of sp³-hybridized carbons (Fsp3) is 0.857. The molecule has 2 atom stereocenters. The first kappa shape index (κ1) is 17.2. The summed E-state index contributed by atoms with van der Waals surface area (Å²) in [4.78, 5) is 28.2. The first-order valence-electron chi connectivity index (χ1n) is 7.47. The van der Waals surface area contributed by atoms with Crippen LogP contribution in [0.4, 0.5) is 0 Å². The number of likely N-dealkylation sites (tertiary alicyclic amines) is 2. The van der Waals surface area contributed by atoms with Crippen LogP contribution in [-0.4, -0.2) is 53.3 Å². The first-order chi connectivity index (χ1) is 9.13. The van der Waals surface area contributed by atoms with E-state index < -0.39 is 0 Å². The quantitative estimate of drug-likeness (QED) is 0.850. The van der Waals surface area contributed by atoms with Crippen LogP contribution < -0.4 is 5.73 Å². The smallest absolute Gasteiger partial charge is 0.245 e. The number of halogens is 1. The SMILES string of the molecule is CCCC(=O)N1CCCC1C(=O)N1CCCC(N)C1.Cl. The number of rotatable bonds is 3. The number of carbonyl (C=O) groups is 2. The Balaban J connectivity index is 0.00000200. The van der Waals surface area contributed by atoms with Crippen molar-refractivity contribution in [3.63, 3.8) is 0 Å². The maximum atomic E-state index is 12.5. The molecule has 0 bridgehead atoms. The summed E-state index contributed by atoms with van der Waals surface area (Å²) in [5, 5.41) is 0. The van der Waals surface area contributed by atoms with Crippen molar-refractivity contribution in [2.45, 2.75) is 57.5 Å². The van der Waals surface area contributed by atoms with Gasteiger partial charge in [0.15, 0.2) is 0 Å². The molecule has 2 unspecified atom stereocenters. The predicted octanol–water partition coefficient (Wildman–Crippen LogP) is 1.15. The minimum atomic E-state index is -0.232. The minimum absolute atomic E-state index is 0. The van der Waals surface area contributed by atoms with E-state index in [1.165, 1.54) is 0 Å². The molecule has 6 heteroatoms. The molecular formula is C14H26ClN3O2. The van der Waals surface area contributed by atoms with Gasteiger partial charge in [-0.05, 0) is 32.1 Å². The number of piperidine rings is 1. The van der Waals surface area contributed by atoms with Gasteiger partial charge < -0.3 is 15.5 Å². The third-order valence-electron chi connectivity index (χ3n) is 4.09. The Morgan fingerprint density at radius 2 is 1.90 bits per heavy atom. The minimum Gasteiger partial charge on any atom is -0.339 e. The Labute approximate surface area is 127 Å². The Hall–Kier alpha value is -0.810. The van der Waals surface area contributed by atoms with Crippen molar-refractivity contribution < 1.29 is 9.59 Å². The van der Waals surface area contributed by atoms with Crippen LogP contribution in [0.2, 0.25) is 0 Å². The summed E-state index contributed by atoms with van der Waals surface area (Å²) in [6.07, 6.45) is 5.09. The van der Waals surface area contributed by atoms with E-state index in [0.29, 0.717) is 13.0 Å². The van der Waals surface area contributed by atoms with Gasteiger partial charge in [-0.15, -0.1) is 12.4 Å². The maximum absolute atomic E-state index is 12.5. The van der Waals surface area contributed by atoms with Crippen molar-refractivity contribution in [3.8, 4) is 0 Å². The Morgan fingerprint density at radius 3 is 2.55 bits per heavy atom. The number of nitrogens with two attached hydrogens (primary N) is 1. The predicted molar refractivity (Wildman–Crippen MR) is 80.7 cm³/mol. The van der Waals surface area contributed by atoms with Gasteiger partial charge >= 0.3 is 0 Å². The highest BCUT2D eigenvalue weighted by Gasteiger charge is 2.36. The molecule has 2 saturated heterocycles. The van der Waals surface area contributed by atoms with Gasteiger partial charge in [-0.25, -0.2) is 0 Å². The molecule has 2 heterocycles. The zero-order valence-corrected chi connectivity index (χ0v) is 13.0. The van der Waals surface area contributed by atoms with Crippen LogP contribution in [0.25, 0.3) is 0 Å². The highest BCUT2D eigenvalue weighted by Crippen LogP contribution is 2.22. The average Bonchev–Trinajstić information content (AvgIpc) is 2.87. The van der Waals surface area contributed by atoms with Crippen LogP contribution in [0.15, 0.2) is 0 Å². The maximum Gasteiger partial charge on any atom is 0.245 e. The average molecular weight is 304 g/mol. The lowest BCUT2D eigenvalue weighted by Crippen LogP contribution is -2.52. The lowest BCUT2D eigenvalue weighted by atomic mass is 10.0. The molecular weight excluding hydrogens is 278 g/mol. The molecule has 0 aromatic heterocycles. The van der Waals surface area contributed by atoms with Crippen molar-refractivity contribution in [2.75, 3.05) is 19.6 Å². The van der Waals surface area contributed by atoms with E-state index in [-0.39, 0.29) is 36.3 Å². The van der Waals surface area contributed by atoms with Crippen LogP contribution in [0, 0.1) is 0 Å². The van der Waals surface area contributed by atoms with Crippen molar-refractivity contribution >= 4 is 24.2 Å². The second-order valence-corrected chi connectivity index (χ2v) is 5.68. The molecule has 5 nitrogen and oxygen atoms in total. The lowest BCUT2D eigenvalue weighted by Gasteiger charge is -2.35. The summed E-state index contributed by atoms with van der Waals surface area (Å²) < 4.78 is 0. The topological polar surface area (TPSA) is 66.6 Å². The largest absolute Gasteiger partial charge is 0.339 e. The monoisotopic (exact) mass is 303 g/mol. The zero-order chi connectivity index (χ0) is 13.8. The third-order valence-corrected chi connectivity index (χ3v) is 4.09. The Morgan fingerprint density at radius 1 is 1.20 bits per heavy atom. The summed E-state index contributed by atoms with van der Waals surface area (Å²) in [5.41, 5.74) is 5.93. The standard InChI is InChI=1S/C14H25N3O2.ClH/c1-2-5-13(18)17-9-4-7-12(17)14(19)16-8-3-6-11(15)10-16;/h11-12H,2-10,15H2,1H3;1H.